The molecule has 4 rings (SSSR count). The highest BCUT2D eigenvalue weighted by Crippen LogP contribution is 2.36. The molecule has 1 atom stereocenters. The van der Waals surface area contributed by atoms with Crippen LogP contribution in [0.15, 0.2) is 55.9 Å². The van der Waals surface area contributed by atoms with Crippen molar-refractivity contribution in [3.05, 3.63) is 76.9 Å². The van der Waals surface area contributed by atoms with Gasteiger partial charge in [-0.1, -0.05) is 33.3 Å². The summed E-state index contributed by atoms with van der Waals surface area (Å²) in [7, 11) is 6.17. The molecule has 0 saturated carbocycles. The third kappa shape index (κ3) is 4.95. The topological polar surface area (TPSA) is 97.6 Å². The maximum Gasteiger partial charge on any atom is 0.338 e. The molecule has 0 fully saturated rings. The molecule has 0 bridgehead atoms. The summed E-state index contributed by atoms with van der Waals surface area (Å²) in [6.45, 7) is 3.66. The Kier molecular flexibility index (Phi) is 8.27. The molecule has 0 aliphatic carbocycles. The van der Waals surface area contributed by atoms with Gasteiger partial charge in [0.2, 0.25) is 0 Å². The predicted molar refractivity (Wildman–Crippen MR) is 147 cm³/mol. The van der Waals surface area contributed by atoms with E-state index in [4.69, 9.17) is 23.7 Å². The number of allylic oxidation sites excluding steroid dienone is 1. The molecule has 200 valence electrons. The first kappa shape index (κ1) is 27.5. The number of esters is 1. The number of fused-ring (bicyclic) bond motifs is 1. The number of nitrogens with zero attached hydrogens (tertiary/aromatic N) is 2. The molecule has 1 aliphatic rings. The van der Waals surface area contributed by atoms with Crippen LogP contribution in [0.2, 0.25) is 0 Å². The molecule has 0 N–H and O–H groups in total. The van der Waals surface area contributed by atoms with Gasteiger partial charge in [0.1, 0.15) is 0 Å². The van der Waals surface area contributed by atoms with Crippen molar-refractivity contribution in [3.8, 4) is 23.0 Å². The standard InChI is InChI=1S/C27H27BrN2O7S/c1-7-37-26(32)23-14(2)29-27-30(24(23)15-8-9-18(33-3)19(10-15)34-4)25(31)22(38-27)12-16-11-20(35-5)21(36-6)13-17(16)28/h8-13,24H,7H2,1-6H3/b22-12-/t24-/m1/s1. The quantitative estimate of drug-likeness (QED) is 0.363. The second-order valence-corrected chi connectivity index (χ2v) is 10.0. The van der Waals surface area contributed by atoms with Crippen LogP contribution in [0.25, 0.3) is 6.08 Å². The van der Waals surface area contributed by atoms with Crippen LogP contribution in [0, 0.1) is 0 Å². The molecular formula is C27H27BrN2O7S. The maximum atomic E-state index is 13.9. The molecule has 11 heteroatoms. The van der Waals surface area contributed by atoms with Crippen LogP contribution < -0.4 is 33.8 Å². The Hall–Kier alpha value is -3.57. The van der Waals surface area contributed by atoms with Gasteiger partial charge in [-0.05, 0) is 55.3 Å². The van der Waals surface area contributed by atoms with Gasteiger partial charge in [-0.3, -0.25) is 9.36 Å². The number of aromatic nitrogens is 1. The van der Waals surface area contributed by atoms with Crippen molar-refractivity contribution >= 4 is 39.3 Å². The van der Waals surface area contributed by atoms with E-state index in [0.29, 0.717) is 43.6 Å². The van der Waals surface area contributed by atoms with E-state index >= 15 is 0 Å². The van der Waals surface area contributed by atoms with Gasteiger partial charge in [0.05, 0.1) is 56.9 Å². The fourth-order valence-corrected chi connectivity index (χ4v) is 5.73. The van der Waals surface area contributed by atoms with Crippen LogP contribution in [0.5, 0.6) is 23.0 Å². The number of thiazole rings is 1. The zero-order valence-corrected chi connectivity index (χ0v) is 24.2. The molecule has 0 saturated heterocycles. The van der Waals surface area contributed by atoms with Crippen LogP contribution in [0.1, 0.15) is 31.0 Å². The lowest BCUT2D eigenvalue weighted by atomic mass is 9.95. The largest absolute Gasteiger partial charge is 0.493 e. The van der Waals surface area contributed by atoms with Crippen LogP contribution in [0.3, 0.4) is 0 Å². The molecule has 0 radical (unpaired) electrons. The highest BCUT2D eigenvalue weighted by molar-refractivity contribution is 9.10. The van der Waals surface area contributed by atoms with Gasteiger partial charge in [0.15, 0.2) is 27.8 Å². The van der Waals surface area contributed by atoms with E-state index in [0.717, 1.165) is 10.0 Å². The highest BCUT2D eigenvalue weighted by atomic mass is 79.9. The van der Waals surface area contributed by atoms with Crippen LogP contribution in [0.4, 0.5) is 0 Å². The van der Waals surface area contributed by atoms with Crippen molar-refractivity contribution in [1.82, 2.24) is 4.57 Å². The molecule has 0 spiro atoms. The van der Waals surface area contributed by atoms with Crippen molar-refractivity contribution < 1.29 is 28.5 Å². The Balaban J connectivity index is 1.97. The minimum atomic E-state index is -0.777. The Labute approximate surface area is 231 Å². The number of benzene rings is 2. The van der Waals surface area contributed by atoms with E-state index in [1.54, 1.807) is 71.6 Å². The number of carbonyl (C=O) groups excluding carboxylic acids is 1. The fraction of sp³-hybridized carbons (Fsp3) is 0.296. The lowest BCUT2D eigenvalue weighted by molar-refractivity contribution is -0.139. The van der Waals surface area contributed by atoms with E-state index in [9.17, 15) is 9.59 Å². The number of rotatable bonds is 8. The summed E-state index contributed by atoms with van der Waals surface area (Å²) < 4.78 is 29.7. The van der Waals surface area contributed by atoms with Gasteiger partial charge in [-0.25, -0.2) is 9.79 Å². The zero-order chi connectivity index (χ0) is 27.6. The Morgan fingerprint density at radius 2 is 1.66 bits per heavy atom. The summed E-state index contributed by atoms with van der Waals surface area (Å²) in [5, 5.41) is 0. The molecule has 0 amide bonds. The van der Waals surface area contributed by atoms with Gasteiger partial charge in [-0.15, -0.1) is 0 Å². The minimum absolute atomic E-state index is 0.187. The van der Waals surface area contributed by atoms with Crippen molar-refractivity contribution in [2.75, 3.05) is 35.0 Å². The summed E-state index contributed by atoms with van der Waals surface area (Å²) in [5.74, 6) is 1.55. The minimum Gasteiger partial charge on any atom is -0.493 e. The van der Waals surface area contributed by atoms with Crippen LogP contribution >= 0.6 is 27.3 Å². The van der Waals surface area contributed by atoms with Crippen molar-refractivity contribution in [2.24, 2.45) is 4.99 Å². The van der Waals surface area contributed by atoms with Crippen molar-refractivity contribution in [2.45, 2.75) is 19.9 Å². The summed E-state index contributed by atoms with van der Waals surface area (Å²) >= 11 is 4.78. The zero-order valence-electron chi connectivity index (χ0n) is 21.8. The fourth-order valence-electron chi connectivity index (χ4n) is 4.25. The normalized spacial score (nSPS) is 15.0. The van der Waals surface area contributed by atoms with E-state index in [1.807, 2.05) is 0 Å². The highest BCUT2D eigenvalue weighted by Gasteiger charge is 2.34. The predicted octanol–water partition coefficient (Wildman–Crippen LogP) is 3.60. The number of methoxy groups -OCH3 is 4. The molecule has 0 unspecified atom stereocenters. The number of carbonyl (C=O) groups is 1. The first-order chi connectivity index (χ1) is 18.3. The molecule has 2 aromatic carbocycles. The summed E-state index contributed by atoms with van der Waals surface area (Å²) in [6.07, 6.45) is 1.75. The van der Waals surface area contributed by atoms with E-state index in [2.05, 4.69) is 20.9 Å². The second kappa shape index (κ2) is 11.4. The van der Waals surface area contributed by atoms with Gasteiger partial charge in [-0.2, -0.15) is 0 Å². The Bertz CT molecular complexity index is 1610. The average molecular weight is 603 g/mol. The van der Waals surface area contributed by atoms with Gasteiger partial charge in [0.25, 0.3) is 5.56 Å². The number of hydrogen-bond donors (Lipinski definition) is 0. The average Bonchev–Trinajstić information content (AvgIpc) is 3.22. The second-order valence-electron chi connectivity index (χ2n) is 8.15. The first-order valence-corrected chi connectivity index (χ1v) is 13.2. The molecule has 1 aromatic heterocycles. The Morgan fingerprint density at radius 3 is 2.29 bits per heavy atom. The smallest absolute Gasteiger partial charge is 0.338 e. The first-order valence-electron chi connectivity index (χ1n) is 11.6. The van der Waals surface area contributed by atoms with Crippen molar-refractivity contribution in [3.63, 3.8) is 0 Å². The lowest BCUT2D eigenvalue weighted by Gasteiger charge is -2.25. The van der Waals surface area contributed by atoms with Crippen LogP contribution in [-0.2, 0) is 9.53 Å². The molecular weight excluding hydrogens is 576 g/mol. The van der Waals surface area contributed by atoms with E-state index < -0.39 is 12.0 Å². The monoisotopic (exact) mass is 602 g/mol. The van der Waals surface area contributed by atoms with Crippen molar-refractivity contribution in [1.29, 1.82) is 0 Å². The third-order valence-electron chi connectivity index (χ3n) is 6.03. The number of halogens is 1. The van der Waals surface area contributed by atoms with Gasteiger partial charge < -0.3 is 23.7 Å². The van der Waals surface area contributed by atoms with Crippen LogP contribution in [-0.4, -0.2) is 45.6 Å². The summed E-state index contributed by atoms with van der Waals surface area (Å²) in [6, 6.07) is 8.07. The lowest BCUT2D eigenvalue weighted by Crippen LogP contribution is -2.40. The SMILES string of the molecule is CCOC(=O)C1=C(C)N=c2s/c(=C\c3cc(OC)c(OC)cc3Br)c(=O)n2[C@@H]1c1ccc(OC)c(OC)c1. The summed E-state index contributed by atoms with van der Waals surface area (Å²) in [5.41, 5.74) is 1.83. The molecule has 2 heterocycles. The summed E-state index contributed by atoms with van der Waals surface area (Å²) in [4.78, 5) is 32.1. The Morgan fingerprint density at radius 1 is 1.03 bits per heavy atom. The molecule has 38 heavy (non-hydrogen) atoms. The van der Waals surface area contributed by atoms with E-state index in [-0.39, 0.29) is 17.7 Å². The third-order valence-corrected chi connectivity index (χ3v) is 7.70. The van der Waals surface area contributed by atoms with Gasteiger partial charge in [0, 0.05) is 4.47 Å². The molecule has 9 nitrogen and oxygen atoms in total. The molecule has 1 aliphatic heterocycles. The number of ether oxygens (including phenoxy) is 5. The van der Waals surface area contributed by atoms with E-state index in [1.165, 1.54) is 23.0 Å². The van der Waals surface area contributed by atoms with Gasteiger partial charge >= 0.3 is 5.97 Å². The molecule has 3 aromatic rings. The maximum absolute atomic E-state index is 13.9. The number of hydrogen-bond acceptors (Lipinski definition) is 9.